The Kier molecular flexibility index (Phi) is 3.46. The molecule has 18 heavy (non-hydrogen) atoms. The van der Waals surface area contributed by atoms with Crippen LogP contribution in [0.15, 0.2) is 6.33 Å². The summed E-state index contributed by atoms with van der Waals surface area (Å²) >= 11 is 0. The molecule has 1 unspecified atom stereocenters. The third-order valence-corrected chi connectivity index (χ3v) is 4.19. The van der Waals surface area contributed by atoms with E-state index in [4.69, 9.17) is 0 Å². The summed E-state index contributed by atoms with van der Waals surface area (Å²) in [6.07, 6.45) is 9.18. The SMILES string of the molecule is CNCC1CCCN1c1ncnc2c1CCCC2. The molecule has 4 nitrogen and oxygen atoms in total. The summed E-state index contributed by atoms with van der Waals surface area (Å²) in [5.41, 5.74) is 2.72. The fraction of sp³-hybridized carbons (Fsp3) is 0.714. The number of likely N-dealkylation sites (N-methyl/N-ethyl adjacent to an activating group) is 1. The molecular weight excluding hydrogens is 224 g/mol. The second-order valence-corrected chi connectivity index (χ2v) is 5.38. The van der Waals surface area contributed by atoms with Crippen LogP contribution in [0.3, 0.4) is 0 Å². The molecule has 0 bridgehead atoms. The van der Waals surface area contributed by atoms with Crippen molar-refractivity contribution in [2.75, 3.05) is 25.0 Å². The first-order chi connectivity index (χ1) is 8.90. The van der Waals surface area contributed by atoms with E-state index in [1.807, 2.05) is 7.05 Å². The number of rotatable bonds is 3. The number of anilines is 1. The van der Waals surface area contributed by atoms with Gasteiger partial charge in [-0.1, -0.05) is 0 Å². The Bertz CT molecular complexity index is 418. The number of hydrogen-bond acceptors (Lipinski definition) is 4. The summed E-state index contributed by atoms with van der Waals surface area (Å²) in [7, 11) is 2.03. The highest BCUT2D eigenvalue weighted by molar-refractivity contribution is 5.51. The molecule has 98 valence electrons. The summed E-state index contributed by atoms with van der Waals surface area (Å²) in [5, 5.41) is 3.30. The summed E-state index contributed by atoms with van der Waals surface area (Å²) < 4.78 is 0. The predicted molar refractivity (Wildman–Crippen MR) is 73.0 cm³/mol. The molecule has 2 aliphatic rings. The van der Waals surface area contributed by atoms with Crippen LogP contribution in [0.2, 0.25) is 0 Å². The second-order valence-electron chi connectivity index (χ2n) is 5.38. The molecule has 0 aromatic carbocycles. The molecule has 1 atom stereocenters. The van der Waals surface area contributed by atoms with Crippen molar-refractivity contribution in [3.05, 3.63) is 17.6 Å². The molecule has 0 radical (unpaired) electrons. The first-order valence-electron chi connectivity index (χ1n) is 7.14. The van der Waals surface area contributed by atoms with Gasteiger partial charge < -0.3 is 10.2 Å². The number of aromatic nitrogens is 2. The van der Waals surface area contributed by atoms with Crippen molar-refractivity contribution >= 4 is 5.82 Å². The minimum Gasteiger partial charge on any atom is -0.352 e. The Labute approximate surface area is 109 Å². The Morgan fingerprint density at radius 2 is 2.17 bits per heavy atom. The van der Waals surface area contributed by atoms with Crippen LogP contribution in [0.25, 0.3) is 0 Å². The molecule has 2 heterocycles. The molecular formula is C14H22N4. The number of nitrogens with zero attached hydrogens (tertiary/aromatic N) is 3. The van der Waals surface area contributed by atoms with Crippen LogP contribution in [0, 0.1) is 0 Å². The van der Waals surface area contributed by atoms with Crippen LogP contribution in [0.4, 0.5) is 5.82 Å². The van der Waals surface area contributed by atoms with E-state index >= 15 is 0 Å². The highest BCUT2D eigenvalue weighted by Crippen LogP contribution is 2.31. The van der Waals surface area contributed by atoms with Gasteiger partial charge in [-0.05, 0) is 45.6 Å². The lowest BCUT2D eigenvalue weighted by Gasteiger charge is -2.29. The van der Waals surface area contributed by atoms with Gasteiger partial charge in [0, 0.05) is 30.4 Å². The van der Waals surface area contributed by atoms with E-state index in [2.05, 4.69) is 20.2 Å². The fourth-order valence-electron chi connectivity index (χ4n) is 3.31. The zero-order valence-corrected chi connectivity index (χ0v) is 11.2. The Morgan fingerprint density at radius 1 is 1.28 bits per heavy atom. The molecule has 1 saturated heterocycles. The molecule has 1 aliphatic heterocycles. The van der Waals surface area contributed by atoms with Crippen molar-refractivity contribution in [1.29, 1.82) is 0 Å². The topological polar surface area (TPSA) is 41.0 Å². The monoisotopic (exact) mass is 246 g/mol. The van der Waals surface area contributed by atoms with Gasteiger partial charge in [-0.25, -0.2) is 9.97 Å². The number of hydrogen-bond donors (Lipinski definition) is 1. The maximum atomic E-state index is 4.59. The lowest BCUT2D eigenvalue weighted by atomic mass is 9.96. The molecule has 1 aromatic rings. The van der Waals surface area contributed by atoms with Gasteiger partial charge >= 0.3 is 0 Å². The van der Waals surface area contributed by atoms with Gasteiger partial charge in [0.1, 0.15) is 12.1 Å². The van der Waals surface area contributed by atoms with Crippen molar-refractivity contribution in [3.8, 4) is 0 Å². The Hall–Kier alpha value is -1.16. The summed E-state index contributed by atoms with van der Waals surface area (Å²) in [4.78, 5) is 11.6. The quantitative estimate of drug-likeness (QED) is 0.878. The van der Waals surface area contributed by atoms with Crippen molar-refractivity contribution < 1.29 is 0 Å². The fourth-order valence-corrected chi connectivity index (χ4v) is 3.31. The van der Waals surface area contributed by atoms with Gasteiger partial charge in [0.15, 0.2) is 0 Å². The van der Waals surface area contributed by atoms with E-state index in [1.165, 1.54) is 42.8 Å². The van der Waals surface area contributed by atoms with Crippen molar-refractivity contribution in [3.63, 3.8) is 0 Å². The molecule has 1 fully saturated rings. The average molecular weight is 246 g/mol. The molecule has 3 rings (SSSR count). The molecule has 1 aliphatic carbocycles. The average Bonchev–Trinajstić information content (AvgIpc) is 2.87. The van der Waals surface area contributed by atoms with Gasteiger partial charge in [0.25, 0.3) is 0 Å². The van der Waals surface area contributed by atoms with Crippen molar-refractivity contribution in [2.45, 2.75) is 44.6 Å². The zero-order chi connectivity index (χ0) is 12.4. The summed E-state index contributed by atoms with van der Waals surface area (Å²) in [6, 6.07) is 0.607. The van der Waals surface area contributed by atoms with Crippen molar-refractivity contribution in [1.82, 2.24) is 15.3 Å². The minimum atomic E-state index is 0.607. The van der Waals surface area contributed by atoms with Gasteiger partial charge in [-0.2, -0.15) is 0 Å². The minimum absolute atomic E-state index is 0.607. The van der Waals surface area contributed by atoms with E-state index in [9.17, 15) is 0 Å². The molecule has 0 amide bonds. The summed E-state index contributed by atoms with van der Waals surface area (Å²) in [6.45, 7) is 2.20. The maximum Gasteiger partial charge on any atom is 0.135 e. The molecule has 4 heteroatoms. The van der Waals surface area contributed by atoms with Crippen LogP contribution in [-0.2, 0) is 12.8 Å². The highest BCUT2D eigenvalue weighted by Gasteiger charge is 2.28. The first-order valence-corrected chi connectivity index (χ1v) is 7.14. The maximum absolute atomic E-state index is 4.59. The smallest absolute Gasteiger partial charge is 0.135 e. The largest absolute Gasteiger partial charge is 0.352 e. The van der Waals surface area contributed by atoms with Gasteiger partial charge in [-0.15, -0.1) is 0 Å². The standard InChI is InChI=1S/C14H22N4/c1-15-9-11-5-4-8-18(11)14-12-6-2-3-7-13(12)16-10-17-14/h10-11,15H,2-9H2,1H3. The van der Waals surface area contributed by atoms with Crippen LogP contribution in [-0.4, -0.2) is 36.1 Å². The third-order valence-electron chi connectivity index (χ3n) is 4.19. The Morgan fingerprint density at radius 3 is 3.06 bits per heavy atom. The van der Waals surface area contributed by atoms with E-state index in [0.717, 1.165) is 25.9 Å². The number of aryl methyl sites for hydroxylation is 1. The predicted octanol–water partition coefficient (Wildman–Crippen LogP) is 1.54. The third kappa shape index (κ3) is 2.09. The summed E-state index contributed by atoms with van der Waals surface area (Å²) in [5.74, 6) is 1.22. The lowest BCUT2D eigenvalue weighted by molar-refractivity contribution is 0.601. The Balaban J connectivity index is 1.91. The van der Waals surface area contributed by atoms with Gasteiger partial charge in [-0.3, -0.25) is 0 Å². The van der Waals surface area contributed by atoms with E-state index in [1.54, 1.807) is 6.33 Å². The van der Waals surface area contributed by atoms with E-state index in [0.29, 0.717) is 6.04 Å². The van der Waals surface area contributed by atoms with Crippen LogP contribution in [0.5, 0.6) is 0 Å². The van der Waals surface area contributed by atoms with Gasteiger partial charge in [0.2, 0.25) is 0 Å². The van der Waals surface area contributed by atoms with E-state index < -0.39 is 0 Å². The van der Waals surface area contributed by atoms with Crippen LogP contribution in [0.1, 0.15) is 36.9 Å². The molecule has 1 N–H and O–H groups in total. The molecule has 0 spiro atoms. The highest BCUT2D eigenvalue weighted by atomic mass is 15.2. The van der Waals surface area contributed by atoms with Crippen LogP contribution < -0.4 is 10.2 Å². The zero-order valence-electron chi connectivity index (χ0n) is 11.2. The van der Waals surface area contributed by atoms with Gasteiger partial charge in [0.05, 0.1) is 0 Å². The van der Waals surface area contributed by atoms with Crippen molar-refractivity contribution in [2.24, 2.45) is 0 Å². The molecule has 0 saturated carbocycles. The van der Waals surface area contributed by atoms with E-state index in [-0.39, 0.29) is 0 Å². The van der Waals surface area contributed by atoms with Crippen LogP contribution >= 0.6 is 0 Å². The molecule has 1 aromatic heterocycles. The lowest BCUT2D eigenvalue weighted by Crippen LogP contribution is -2.38. The first kappa shape index (κ1) is 11.9. The normalized spacial score (nSPS) is 23.2. The second kappa shape index (κ2) is 5.22. The number of nitrogens with one attached hydrogen (secondary N) is 1. The number of fused-ring (bicyclic) bond motifs is 1.